The number of aromatic amines is 1. The summed E-state index contributed by atoms with van der Waals surface area (Å²) in [6.07, 6.45) is 3.77. The first-order chi connectivity index (χ1) is 8.22. The number of aryl methyl sites for hydroxylation is 1. The van der Waals surface area contributed by atoms with Gasteiger partial charge in [-0.3, -0.25) is 0 Å². The first-order valence-corrected chi connectivity index (χ1v) is 5.26. The van der Waals surface area contributed by atoms with Gasteiger partial charge in [-0.25, -0.2) is 19.3 Å². The molecule has 0 fully saturated rings. The van der Waals surface area contributed by atoms with Gasteiger partial charge in [-0.05, 0) is 6.92 Å². The van der Waals surface area contributed by atoms with Crippen molar-refractivity contribution < 1.29 is 0 Å². The van der Waals surface area contributed by atoms with E-state index < -0.39 is 0 Å². The molecular weight excluding hydrogens is 220 g/mol. The van der Waals surface area contributed by atoms with Crippen LogP contribution in [0.15, 0.2) is 23.0 Å². The summed E-state index contributed by atoms with van der Waals surface area (Å²) >= 11 is 0. The van der Waals surface area contributed by atoms with E-state index >= 15 is 0 Å². The van der Waals surface area contributed by atoms with Gasteiger partial charge in [0, 0.05) is 19.2 Å². The van der Waals surface area contributed by atoms with Crippen molar-refractivity contribution in [3.05, 3.63) is 34.5 Å². The van der Waals surface area contributed by atoms with E-state index in [1.54, 1.807) is 13.0 Å². The number of anilines is 1. The molecule has 7 nitrogen and oxygen atoms in total. The number of nitrogens with two attached hydrogens (primary N) is 1. The molecule has 2 aromatic rings. The van der Waals surface area contributed by atoms with E-state index in [1.807, 2.05) is 12.2 Å². The van der Waals surface area contributed by atoms with Crippen LogP contribution in [0.25, 0.3) is 5.65 Å². The normalized spacial score (nSPS) is 11.4. The van der Waals surface area contributed by atoms with Crippen LogP contribution >= 0.6 is 0 Å². The summed E-state index contributed by atoms with van der Waals surface area (Å²) in [5.74, 6) is 1.27. The van der Waals surface area contributed by atoms with Crippen molar-refractivity contribution in [2.45, 2.75) is 6.92 Å². The third-order valence-corrected chi connectivity index (χ3v) is 2.27. The summed E-state index contributed by atoms with van der Waals surface area (Å²) in [4.78, 5) is 15.6. The van der Waals surface area contributed by atoms with Gasteiger partial charge in [0.05, 0.1) is 0 Å². The lowest BCUT2D eigenvalue weighted by atomic mass is 10.4. The number of hydrogen-bond donors (Lipinski definition) is 3. The fourth-order valence-corrected chi connectivity index (χ4v) is 1.53. The minimum Gasteiger partial charge on any atom is -0.366 e. The zero-order valence-corrected chi connectivity index (χ0v) is 9.47. The minimum absolute atomic E-state index is 0.278. The van der Waals surface area contributed by atoms with Crippen LogP contribution in [0.3, 0.4) is 0 Å². The molecule has 0 atom stereocenters. The largest absolute Gasteiger partial charge is 0.366 e. The third kappa shape index (κ3) is 2.34. The van der Waals surface area contributed by atoms with Crippen molar-refractivity contribution in [3.63, 3.8) is 0 Å². The molecule has 4 N–H and O–H groups in total. The third-order valence-electron chi connectivity index (χ3n) is 2.27. The molecule has 0 saturated heterocycles. The number of H-pyrrole nitrogens is 1. The van der Waals surface area contributed by atoms with Crippen LogP contribution < -0.4 is 16.7 Å². The second-order valence-electron chi connectivity index (χ2n) is 3.50. The highest BCUT2D eigenvalue weighted by Gasteiger charge is 2.05. The van der Waals surface area contributed by atoms with E-state index in [-0.39, 0.29) is 5.69 Å². The van der Waals surface area contributed by atoms with E-state index in [0.717, 1.165) is 0 Å². The van der Waals surface area contributed by atoms with E-state index in [4.69, 9.17) is 5.73 Å². The van der Waals surface area contributed by atoms with Gasteiger partial charge in [0.25, 0.3) is 0 Å². The molecule has 2 aromatic heterocycles. The quantitative estimate of drug-likeness (QED) is 0.628. The zero-order valence-electron chi connectivity index (χ0n) is 9.47. The predicted octanol–water partition coefficient (Wildman–Crippen LogP) is -0.347. The van der Waals surface area contributed by atoms with Crippen molar-refractivity contribution in [1.29, 1.82) is 0 Å². The average Bonchev–Trinajstić information content (AvgIpc) is 2.67. The monoisotopic (exact) mass is 234 g/mol. The lowest BCUT2D eigenvalue weighted by molar-refractivity contribution is 0.935. The lowest BCUT2D eigenvalue weighted by Gasteiger charge is -2.04. The summed E-state index contributed by atoms with van der Waals surface area (Å²) in [7, 11) is 0. The molecule has 0 amide bonds. The van der Waals surface area contributed by atoms with E-state index in [0.29, 0.717) is 30.4 Å². The van der Waals surface area contributed by atoms with Crippen molar-refractivity contribution >= 4 is 11.5 Å². The van der Waals surface area contributed by atoms with Crippen molar-refractivity contribution in [1.82, 2.24) is 19.6 Å². The molecule has 0 radical (unpaired) electrons. The first-order valence-electron chi connectivity index (χ1n) is 5.26. The van der Waals surface area contributed by atoms with E-state index in [1.165, 1.54) is 4.40 Å². The van der Waals surface area contributed by atoms with Crippen LogP contribution in [0, 0.1) is 6.92 Å². The molecule has 0 saturated carbocycles. The van der Waals surface area contributed by atoms with E-state index in [2.05, 4.69) is 20.5 Å². The van der Waals surface area contributed by atoms with Gasteiger partial charge in [-0.15, -0.1) is 0 Å². The highest BCUT2D eigenvalue weighted by molar-refractivity contribution is 5.49. The Bertz CT molecular complexity index is 596. The number of nitrogens with one attached hydrogen (secondary N) is 2. The standard InChI is InChI=1S/C10H14N6O/c1-7-13-8(12-5-3-2-4-11)6-9-14-15-10(17)16(7)9/h2-3,6,12H,4-5,11H2,1H3,(H,15,17)/b3-2+. The maximum Gasteiger partial charge on any atom is 0.349 e. The summed E-state index contributed by atoms with van der Waals surface area (Å²) in [6.45, 7) is 2.90. The summed E-state index contributed by atoms with van der Waals surface area (Å²) in [6, 6.07) is 1.71. The predicted molar refractivity (Wildman–Crippen MR) is 65.0 cm³/mol. The van der Waals surface area contributed by atoms with Gasteiger partial charge in [0.2, 0.25) is 0 Å². The Balaban J connectivity index is 2.25. The Morgan fingerprint density at radius 1 is 1.59 bits per heavy atom. The molecule has 17 heavy (non-hydrogen) atoms. The molecule has 0 aliphatic heterocycles. The molecule has 7 heteroatoms. The Hall–Kier alpha value is -2.15. The number of fused-ring (bicyclic) bond motifs is 1. The van der Waals surface area contributed by atoms with Crippen LogP contribution in [-0.4, -0.2) is 32.7 Å². The Labute approximate surface area is 97.4 Å². The second-order valence-corrected chi connectivity index (χ2v) is 3.50. The van der Waals surface area contributed by atoms with Crippen LogP contribution in [0.1, 0.15) is 5.82 Å². The fourth-order valence-electron chi connectivity index (χ4n) is 1.53. The summed E-state index contributed by atoms with van der Waals surface area (Å²) in [5, 5.41) is 9.37. The molecule has 90 valence electrons. The van der Waals surface area contributed by atoms with Crippen LogP contribution in [0.4, 0.5) is 5.82 Å². The smallest absolute Gasteiger partial charge is 0.349 e. The van der Waals surface area contributed by atoms with Gasteiger partial charge in [-0.1, -0.05) is 12.2 Å². The maximum absolute atomic E-state index is 11.4. The Morgan fingerprint density at radius 3 is 3.18 bits per heavy atom. The number of hydrogen-bond acceptors (Lipinski definition) is 5. The molecule has 0 aliphatic carbocycles. The molecule has 0 spiro atoms. The van der Waals surface area contributed by atoms with Crippen molar-refractivity contribution in [2.75, 3.05) is 18.4 Å². The fraction of sp³-hybridized carbons (Fsp3) is 0.300. The molecule has 2 rings (SSSR count). The minimum atomic E-state index is -0.278. The highest BCUT2D eigenvalue weighted by Crippen LogP contribution is 2.07. The second kappa shape index (κ2) is 4.79. The van der Waals surface area contributed by atoms with Crippen LogP contribution in [-0.2, 0) is 0 Å². The lowest BCUT2D eigenvalue weighted by Crippen LogP contribution is -2.14. The highest BCUT2D eigenvalue weighted by atomic mass is 16.1. The number of rotatable bonds is 4. The number of aromatic nitrogens is 4. The zero-order chi connectivity index (χ0) is 12.3. The van der Waals surface area contributed by atoms with Gasteiger partial charge in [-0.2, -0.15) is 5.10 Å². The Kier molecular flexibility index (Phi) is 3.20. The first kappa shape index (κ1) is 11.3. The maximum atomic E-state index is 11.4. The van der Waals surface area contributed by atoms with Crippen molar-refractivity contribution in [2.24, 2.45) is 5.73 Å². The molecule has 0 aromatic carbocycles. The molecule has 0 bridgehead atoms. The van der Waals surface area contributed by atoms with E-state index in [9.17, 15) is 4.79 Å². The SMILES string of the molecule is Cc1nc(NC/C=C/CN)cc2n[nH]c(=O)n12. The summed E-state index contributed by atoms with van der Waals surface area (Å²) in [5.41, 5.74) is 5.60. The molecule has 0 aliphatic rings. The van der Waals surface area contributed by atoms with Gasteiger partial charge in [0.1, 0.15) is 11.6 Å². The molecular formula is C10H14N6O. The topological polar surface area (TPSA) is 101 Å². The van der Waals surface area contributed by atoms with Crippen LogP contribution in [0.5, 0.6) is 0 Å². The molecule has 2 heterocycles. The van der Waals surface area contributed by atoms with Crippen LogP contribution in [0.2, 0.25) is 0 Å². The molecule has 0 unspecified atom stereocenters. The van der Waals surface area contributed by atoms with Gasteiger partial charge >= 0.3 is 5.69 Å². The summed E-state index contributed by atoms with van der Waals surface area (Å²) < 4.78 is 1.42. The van der Waals surface area contributed by atoms with Gasteiger partial charge < -0.3 is 11.1 Å². The Morgan fingerprint density at radius 2 is 2.41 bits per heavy atom. The number of nitrogens with zero attached hydrogens (tertiary/aromatic N) is 3. The van der Waals surface area contributed by atoms with Gasteiger partial charge in [0.15, 0.2) is 5.65 Å². The van der Waals surface area contributed by atoms with Crippen molar-refractivity contribution in [3.8, 4) is 0 Å². The average molecular weight is 234 g/mol.